The zero-order valence-corrected chi connectivity index (χ0v) is 18.3. The normalized spacial score (nSPS) is 11.2. The van der Waals surface area contributed by atoms with E-state index in [1.807, 2.05) is 6.92 Å². The van der Waals surface area contributed by atoms with Crippen molar-refractivity contribution >= 4 is 29.1 Å². The van der Waals surface area contributed by atoms with Gasteiger partial charge in [-0.05, 0) is 55.0 Å². The van der Waals surface area contributed by atoms with Crippen LogP contribution >= 0.6 is 0 Å². The molecule has 4 N–H and O–H groups in total. The highest BCUT2D eigenvalue weighted by Crippen LogP contribution is 2.30. The Kier molecular flexibility index (Phi) is 6.24. The molecule has 178 valence electrons. The third-order valence-corrected chi connectivity index (χ3v) is 5.11. The summed E-state index contributed by atoms with van der Waals surface area (Å²) in [6, 6.07) is 12.2. The van der Waals surface area contributed by atoms with E-state index in [0.29, 0.717) is 23.1 Å². The third kappa shape index (κ3) is 5.29. The molecule has 0 aliphatic rings. The largest absolute Gasteiger partial charge is 0.416 e. The molecule has 4 rings (SSSR count). The van der Waals surface area contributed by atoms with Gasteiger partial charge in [0.15, 0.2) is 0 Å². The first-order valence-electron chi connectivity index (χ1n) is 10.3. The van der Waals surface area contributed by atoms with Gasteiger partial charge in [0.1, 0.15) is 5.82 Å². The van der Waals surface area contributed by atoms with Gasteiger partial charge in [-0.3, -0.25) is 14.2 Å². The molecule has 35 heavy (non-hydrogen) atoms. The van der Waals surface area contributed by atoms with Crippen molar-refractivity contribution in [2.75, 3.05) is 10.6 Å². The number of rotatable bonds is 6. The van der Waals surface area contributed by atoms with E-state index in [-0.39, 0.29) is 11.1 Å². The number of aromatic nitrogens is 3. The molecule has 2 amide bonds. The molecule has 0 spiro atoms. The Morgan fingerprint density at radius 2 is 1.77 bits per heavy atom. The van der Waals surface area contributed by atoms with Gasteiger partial charge in [0.05, 0.1) is 5.56 Å². The first kappa shape index (κ1) is 23.5. The molecule has 2 aromatic heterocycles. The number of anilines is 3. The first-order valence-corrected chi connectivity index (χ1v) is 10.3. The topological polar surface area (TPSA) is 115 Å². The summed E-state index contributed by atoms with van der Waals surface area (Å²) in [5, 5.41) is 5.76. The second kappa shape index (κ2) is 9.29. The number of alkyl halides is 3. The monoisotopic (exact) mass is 480 g/mol. The number of nitrogens with one attached hydrogen (secondary N) is 2. The van der Waals surface area contributed by atoms with E-state index in [9.17, 15) is 22.8 Å². The number of benzene rings is 2. The number of hydrogen-bond acceptors (Lipinski definition) is 5. The van der Waals surface area contributed by atoms with Gasteiger partial charge in [0.2, 0.25) is 11.9 Å². The second-order valence-electron chi connectivity index (χ2n) is 7.58. The van der Waals surface area contributed by atoms with E-state index >= 15 is 0 Å². The molecule has 0 saturated carbocycles. The van der Waals surface area contributed by atoms with Crippen LogP contribution in [0.2, 0.25) is 0 Å². The van der Waals surface area contributed by atoms with Gasteiger partial charge in [0.25, 0.3) is 5.91 Å². The van der Waals surface area contributed by atoms with Crippen LogP contribution in [-0.2, 0) is 6.18 Å². The number of imidazole rings is 1. The van der Waals surface area contributed by atoms with Crippen LogP contribution in [-0.4, -0.2) is 26.3 Å². The maximum absolute atomic E-state index is 13.0. The Labute approximate surface area is 197 Å². The van der Waals surface area contributed by atoms with Crippen molar-refractivity contribution in [2.24, 2.45) is 5.73 Å². The highest BCUT2D eigenvalue weighted by molar-refractivity contribution is 6.04. The molecule has 0 unspecified atom stereocenters. The van der Waals surface area contributed by atoms with Crippen LogP contribution in [0.25, 0.3) is 5.82 Å². The van der Waals surface area contributed by atoms with Crippen molar-refractivity contribution in [1.29, 1.82) is 0 Å². The molecular formula is C24H19F3N6O2. The van der Waals surface area contributed by atoms with Crippen LogP contribution in [0.1, 0.15) is 31.8 Å². The van der Waals surface area contributed by atoms with Crippen molar-refractivity contribution in [3.8, 4) is 5.82 Å². The fraction of sp³-hybridized carbons (Fsp3) is 0.0833. The van der Waals surface area contributed by atoms with Gasteiger partial charge < -0.3 is 16.4 Å². The maximum Gasteiger partial charge on any atom is 0.416 e. The van der Waals surface area contributed by atoms with Gasteiger partial charge >= 0.3 is 6.18 Å². The Balaban J connectivity index is 1.57. The zero-order chi connectivity index (χ0) is 25.2. The highest BCUT2D eigenvalue weighted by atomic mass is 19.4. The van der Waals surface area contributed by atoms with E-state index < -0.39 is 23.6 Å². The maximum atomic E-state index is 13.0. The van der Waals surface area contributed by atoms with Crippen LogP contribution in [0, 0.1) is 6.92 Å². The number of amides is 2. The fourth-order valence-corrected chi connectivity index (χ4v) is 3.28. The summed E-state index contributed by atoms with van der Waals surface area (Å²) in [4.78, 5) is 32.6. The molecule has 0 atom stereocenters. The lowest BCUT2D eigenvalue weighted by molar-refractivity contribution is -0.137. The summed E-state index contributed by atoms with van der Waals surface area (Å²) >= 11 is 0. The number of nitrogens with two attached hydrogens (primary N) is 1. The van der Waals surface area contributed by atoms with E-state index in [0.717, 1.165) is 17.7 Å². The molecule has 0 saturated heterocycles. The lowest BCUT2D eigenvalue weighted by atomic mass is 10.1. The Morgan fingerprint density at radius 1 is 0.971 bits per heavy atom. The predicted molar refractivity (Wildman–Crippen MR) is 124 cm³/mol. The highest BCUT2D eigenvalue weighted by Gasteiger charge is 2.30. The smallest absolute Gasteiger partial charge is 0.366 e. The third-order valence-electron chi connectivity index (χ3n) is 5.11. The van der Waals surface area contributed by atoms with Crippen LogP contribution in [0.3, 0.4) is 0 Å². The molecule has 2 aromatic carbocycles. The minimum Gasteiger partial charge on any atom is -0.366 e. The van der Waals surface area contributed by atoms with Crippen LogP contribution in [0.5, 0.6) is 0 Å². The SMILES string of the molecule is Cc1ccc(NC(=O)c2cccc(C(F)(F)F)c2)cc1Nc1nccn1-c1cc(C(N)=O)ccn1. The van der Waals surface area contributed by atoms with Crippen molar-refractivity contribution < 1.29 is 22.8 Å². The van der Waals surface area contributed by atoms with Crippen LogP contribution < -0.4 is 16.4 Å². The fourth-order valence-electron chi connectivity index (χ4n) is 3.28. The number of aryl methyl sites for hydroxylation is 1. The minimum atomic E-state index is -4.55. The summed E-state index contributed by atoms with van der Waals surface area (Å²) in [7, 11) is 0. The average molecular weight is 480 g/mol. The molecule has 0 bridgehead atoms. The minimum absolute atomic E-state index is 0.120. The molecule has 8 nitrogen and oxygen atoms in total. The Morgan fingerprint density at radius 3 is 2.51 bits per heavy atom. The van der Waals surface area contributed by atoms with E-state index in [2.05, 4.69) is 20.6 Å². The Hall–Kier alpha value is -4.67. The molecule has 0 aliphatic heterocycles. The van der Waals surface area contributed by atoms with E-state index in [1.165, 1.54) is 36.7 Å². The number of carbonyl (C=O) groups excluding carboxylic acids is 2. The van der Waals surface area contributed by atoms with Crippen molar-refractivity contribution in [3.05, 3.63) is 95.4 Å². The summed E-state index contributed by atoms with van der Waals surface area (Å²) in [6.07, 6.45) is 0.0823. The summed E-state index contributed by atoms with van der Waals surface area (Å²) in [5.74, 6) is -0.486. The average Bonchev–Trinajstić information content (AvgIpc) is 3.29. The number of hydrogen-bond donors (Lipinski definition) is 3. The zero-order valence-electron chi connectivity index (χ0n) is 18.3. The molecular weight excluding hydrogens is 461 g/mol. The molecule has 0 aliphatic carbocycles. The number of pyridine rings is 1. The van der Waals surface area contributed by atoms with Gasteiger partial charge in [0, 0.05) is 41.1 Å². The lowest BCUT2D eigenvalue weighted by Crippen LogP contribution is -2.14. The van der Waals surface area contributed by atoms with E-state index in [1.54, 1.807) is 29.0 Å². The van der Waals surface area contributed by atoms with Crippen LogP contribution in [0.15, 0.2) is 73.2 Å². The summed E-state index contributed by atoms with van der Waals surface area (Å²) < 4.78 is 40.5. The van der Waals surface area contributed by atoms with E-state index in [4.69, 9.17) is 5.73 Å². The molecule has 0 radical (unpaired) electrons. The number of halogens is 3. The van der Waals surface area contributed by atoms with Gasteiger partial charge in [-0.15, -0.1) is 0 Å². The van der Waals surface area contributed by atoms with Crippen molar-refractivity contribution in [1.82, 2.24) is 14.5 Å². The lowest BCUT2D eigenvalue weighted by Gasteiger charge is -2.14. The van der Waals surface area contributed by atoms with Crippen molar-refractivity contribution in [3.63, 3.8) is 0 Å². The summed E-state index contributed by atoms with van der Waals surface area (Å²) in [6.45, 7) is 1.83. The van der Waals surface area contributed by atoms with Gasteiger partial charge in [-0.2, -0.15) is 13.2 Å². The molecule has 4 aromatic rings. The molecule has 0 fully saturated rings. The standard InChI is InChI=1S/C24H19F3N6O2/c1-14-5-6-18(31-22(35)16-3-2-4-17(11-16)24(25,26)27)13-19(14)32-23-30-9-10-33(23)20-12-15(21(28)34)7-8-29-20/h2-13H,1H3,(H2,28,34)(H,30,32)(H,31,35). The summed E-state index contributed by atoms with van der Waals surface area (Å²) in [5.41, 5.74) is 6.38. The quantitative estimate of drug-likeness (QED) is 0.370. The first-order chi connectivity index (χ1) is 16.6. The number of carbonyl (C=O) groups is 2. The molecule has 2 heterocycles. The predicted octanol–water partition coefficient (Wildman–Crippen LogP) is 4.69. The van der Waals surface area contributed by atoms with Gasteiger partial charge in [-0.25, -0.2) is 9.97 Å². The van der Waals surface area contributed by atoms with Crippen LogP contribution in [0.4, 0.5) is 30.5 Å². The van der Waals surface area contributed by atoms with Gasteiger partial charge in [-0.1, -0.05) is 12.1 Å². The number of primary amides is 1. The molecule has 11 heteroatoms. The second-order valence-corrected chi connectivity index (χ2v) is 7.58. The van der Waals surface area contributed by atoms with Crippen molar-refractivity contribution in [2.45, 2.75) is 13.1 Å². The number of nitrogens with zero attached hydrogens (tertiary/aromatic N) is 3. The Bertz CT molecular complexity index is 1410.